The molecule has 0 radical (unpaired) electrons. The number of nitrogens with one attached hydrogen (secondary N) is 2. The Labute approximate surface area is 164 Å². The van der Waals surface area contributed by atoms with Crippen molar-refractivity contribution in [2.24, 2.45) is 0 Å². The summed E-state index contributed by atoms with van der Waals surface area (Å²) in [5, 5.41) is 8.94. The van der Waals surface area contributed by atoms with Gasteiger partial charge in [0.2, 0.25) is 0 Å². The van der Waals surface area contributed by atoms with E-state index in [0.717, 1.165) is 26.7 Å². The molecule has 0 saturated carbocycles. The van der Waals surface area contributed by atoms with Gasteiger partial charge in [-0.1, -0.05) is 41.7 Å². The molecule has 0 aliphatic heterocycles. The summed E-state index contributed by atoms with van der Waals surface area (Å²) in [5.41, 5.74) is 2.97. The van der Waals surface area contributed by atoms with Gasteiger partial charge in [-0.3, -0.25) is 10.3 Å². The van der Waals surface area contributed by atoms with Crippen LogP contribution in [0.1, 0.15) is 5.01 Å². The minimum atomic E-state index is -0.301. The summed E-state index contributed by atoms with van der Waals surface area (Å²) in [5.74, 6) is 0. The van der Waals surface area contributed by atoms with Crippen molar-refractivity contribution in [3.8, 4) is 21.7 Å². The first-order valence-electron chi connectivity index (χ1n) is 8.19. The van der Waals surface area contributed by atoms with E-state index in [9.17, 15) is 4.79 Å². The summed E-state index contributed by atoms with van der Waals surface area (Å²) in [7, 11) is 0. The second-order valence-electron chi connectivity index (χ2n) is 5.57. The van der Waals surface area contributed by atoms with Gasteiger partial charge in [0.05, 0.1) is 17.1 Å². The van der Waals surface area contributed by atoms with Crippen LogP contribution in [-0.2, 0) is 6.54 Å². The lowest BCUT2D eigenvalue weighted by atomic mass is 10.2. The fraction of sp³-hybridized carbons (Fsp3) is 0.0526. The Hall–Kier alpha value is -3.10. The number of carbonyl (C=O) groups excluding carboxylic acids is 1. The van der Waals surface area contributed by atoms with Gasteiger partial charge in [0.25, 0.3) is 0 Å². The van der Waals surface area contributed by atoms with Gasteiger partial charge < -0.3 is 5.32 Å². The standard InChI is InChI=1S/C19H15N5OS2/c25-18(24-19-22-10-16(27-19)14-4-2-1-3-5-14)21-11-17-23-15(12-26-17)13-6-8-20-9-7-13/h1-10,12H,11H2,(H2,21,22,24,25). The van der Waals surface area contributed by atoms with Crippen molar-refractivity contribution in [2.45, 2.75) is 6.54 Å². The maximum Gasteiger partial charge on any atom is 0.321 e. The molecule has 0 unspecified atom stereocenters. The zero-order valence-electron chi connectivity index (χ0n) is 14.1. The lowest BCUT2D eigenvalue weighted by Gasteiger charge is -2.03. The Balaban J connectivity index is 1.33. The summed E-state index contributed by atoms with van der Waals surface area (Å²) >= 11 is 2.94. The summed E-state index contributed by atoms with van der Waals surface area (Å²) in [6.45, 7) is 0.360. The van der Waals surface area contributed by atoms with Gasteiger partial charge in [0, 0.05) is 29.5 Å². The topological polar surface area (TPSA) is 79.8 Å². The van der Waals surface area contributed by atoms with Crippen LogP contribution in [0.15, 0.2) is 66.4 Å². The largest absolute Gasteiger partial charge is 0.331 e. The summed E-state index contributed by atoms with van der Waals surface area (Å²) < 4.78 is 0. The molecule has 4 rings (SSSR count). The predicted molar refractivity (Wildman–Crippen MR) is 109 cm³/mol. The molecule has 6 nitrogen and oxygen atoms in total. The molecule has 3 aromatic heterocycles. The van der Waals surface area contributed by atoms with E-state index in [2.05, 4.69) is 25.6 Å². The number of pyridine rings is 1. The van der Waals surface area contributed by atoms with Crippen molar-refractivity contribution >= 4 is 33.8 Å². The van der Waals surface area contributed by atoms with Gasteiger partial charge >= 0.3 is 6.03 Å². The minimum absolute atomic E-state index is 0.301. The molecule has 2 N–H and O–H groups in total. The number of hydrogen-bond acceptors (Lipinski definition) is 6. The molecule has 134 valence electrons. The van der Waals surface area contributed by atoms with E-state index >= 15 is 0 Å². The number of anilines is 1. The molecule has 0 aliphatic carbocycles. The predicted octanol–water partition coefficient (Wildman–Crippen LogP) is 4.65. The maximum atomic E-state index is 12.1. The van der Waals surface area contributed by atoms with Gasteiger partial charge in [-0.25, -0.2) is 14.8 Å². The van der Waals surface area contributed by atoms with Gasteiger partial charge in [-0.2, -0.15) is 0 Å². The monoisotopic (exact) mass is 393 g/mol. The van der Waals surface area contributed by atoms with Crippen molar-refractivity contribution in [1.82, 2.24) is 20.3 Å². The minimum Gasteiger partial charge on any atom is -0.331 e. The van der Waals surface area contributed by atoms with E-state index in [1.807, 2.05) is 47.8 Å². The van der Waals surface area contributed by atoms with Crippen molar-refractivity contribution in [3.63, 3.8) is 0 Å². The summed E-state index contributed by atoms with van der Waals surface area (Å²) in [4.78, 5) is 25.9. The zero-order chi connectivity index (χ0) is 18.5. The third kappa shape index (κ3) is 4.36. The molecular weight excluding hydrogens is 378 g/mol. The fourth-order valence-electron chi connectivity index (χ4n) is 2.41. The number of carbonyl (C=O) groups is 1. The molecule has 1 aromatic carbocycles. The SMILES string of the molecule is O=C(NCc1nc(-c2ccncc2)cs1)Nc1ncc(-c2ccccc2)s1. The number of nitrogens with zero attached hydrogens (tertiary/aromatic N) is 3. The van der Waals surface area contributed by atoms with Crippen LogP contribution in [0, 0.1) is 0 Å². The van der Waals surface area contributed by atoms with Crippen molar-refractivity contribution in [1.29, 1.82) is 0 Å². The second kappa shape index (κ2) is 8.07. The van der Waals surface area contributed by atoms with E-state index in [1.54, 1.807) is 18.6 Å². The van der Waals surface area contributed by atoms with E-state index in [-0.39, 0.29) is 6.03 Å². The third-order valence-electron chi connectivity index (χ3n) is 3.71. The highest BCUT2D eigenvalue weighted by Gasteiger charge is 2.09. The maximum absolute atomic E-state index is 12.1. The first kappa shape index (κ1) is 17.3. The number of thiazole rings is 2. The van der Waals surface area contributed by atoms with Crippen LogP contribution in [0.3, 0.4) is 0 Å². The van der Waals surface area contributed by atoms with Crippen molar-refractivity contribution < 1.29 is 4.79 Å². The second-order valence-corrected chi connectivity index (χ2v) is 7.54. The Bertz CT molecular complexity index is 1030. The molecule has 0 aliphatic rings. The van der Waals surface area contributed by atoms with Crippen LogP contribution in [0.2, 0.25) is 0 Å². The molecule has 0 spiro atoms. The third-order valence-corrected chi connectivity index (χ3v) is 5.52. The molecule has 8 heteroatoms. The Morgan fingerprint density at radius 2 is 1.85 bits per heavy atom. The average molecular weight is 393 g/mol. The van der Waals surface area contributed by atoms with E-state index in [0.29, 0.717) is 11.7 Å². The van der Waals surface area contributed by atoms with E-state index < -0.39 is 0 Å². The molecule has 0 bridgehead atoms. The van der Waals surface area contributed by atoms with E-state index in [1.165, 1.54) is 22.7 Å². The number of urea groups is 1. The smallest absolute Gasteiger partial charge is 0.321 e. The highest BCUT2D eigenvalue weighted by Crippen LogP contribution is 2.28. The normalized spacial score (nSPS) is 10.5. The van der Waals surface area contributed by atoms with Gasteiger partial charge in [0.15, 0.2) is 5.13 Å². The Kier molecular flexibility index (Phi) is 5.17. The van der Waals surface area contributed by atoms with Crippen LogP contribution < -0.4 is 10.6 Å². The quantitative estimate of drug-likeness (QED) is 0.517. The number of aromatic nitrogens is 3. The Morgan fingerprint density at radius 3 is 2.67 bits per heavy atom. The summed E-state index contributed by atoms with van der Waals surface area (Å²) in [6, 6.07) is 13.5. The zero-order valence-corrected chi connectivity index (χ0v) is 15.8. The lowest BCUT2D eigenvalue weighted by molar-refractivity contribution is 0.251. The Morgan fingerprint density at radius 1 is 1.04 bits per heavy atom. The first-order valence-corrected chi connectivity index (χ1v) is 9.88. The number of rotatable bonds is 5. The summed E-state index contributed by atoms with van der Waals surface area (Å²) in [6.07, 6.45) is 5.23. The average Bonchev–Trinajstić information content (AvgIpc) is 3.37. The van der Waals surface area contributed by atoms with Crippen LogP contribution in [0.5, 0.6) is 0 Å². The fourth-order valence-corrected chi connectivity index (χ4v) is 3.97. The lowest BCUT2D eigenvalue weighted by Crippen LogP contribution is -2.28. The number of benzene rings is 1. The van der Waals surface area contributed by atoms with Gasteiger partial charge in [-0.05, 0) is 17.7 Å². The molecular formula is C19H15N5OS2. The van der Waals surface area contributed by atoms with Crippen LogP contribution in [-0.4, -0.2) is 21.0 Å². The number of amides is 2. The van der Waals surface area contributed by atoms with Gasteiger partial charge in [-0.15, -0.1) is 11.3 Å². The van der Waals surface area contributed by atoms with Crippen LogP contribution >= 0.6 is 22.7 Å². The molecule has 3 heterocycles. The molecule has 4 aromatic rings. The molecule has 2 amide bonds. The molecule has 0 saturated heterocycles. The van der Waals surface area contributed by atoms with Crippen molar-refractivity contribution in [2.75, 3.05) is 5.32 Å². The first-order chi connectivity index (χ1) is 13.3. The van der Waals surface area contributed by atoms with E-state index in [4.69, 9.17) is 0 Å². The van der Waals surface area contributed by atoms with Crippen LogP contribution in [0.25, 0.3) is 21.7 Å². The highest BCUT2D eigenvalue weighted by molar-refractivity contribution is 7.19. The number of hydrogen-bond donors (Lipinski definition) is 2. The highest BCUT2D eigenvalue weighted by atomic mass is 32.1. The molecule has 27 heavy (non-hydrogen) atoms. The molecule has 0 atom stereocenters. The molecule has 0 fully saturated rings. The van der Waals surface area contributed by atoms with Crippen LogP contribution in [0.4, 0.5) is 9.93 Å². The van der Waals surface area contributed by atoms with Gasteiger partial charge in [0.1, 0.15) is 5.01 Å². The van der Waals surface area contributed by atoms with Crippen molar-refractivity contribution in [3.05, 3.63) is 71.4 Å².